The third-order valence-corrected chi connectivity index (χ3v) is 3.44. The van der Waals surface area contributed by atoms with Gasteiger partial charge in [0.25, 0.3) is 0 Å². The number of thioether (sulfide) groups is 1. The predicted octanol–water partition coefficient (Wildman–Crippen LogP) is 1.80. The molecule has 94 valence electrons. The molecule has 0 bridgehead atoms. The molecule has 0 N–H and O–H groups in total. The number of carbonyl (C=O) groups excluding carboxylic acids is 1. The standard InChI is InChI=1S/C12H13N3O2S/c1-15-12(13-8-14-15)18-7-10(16)9-5-3-4-6-11(9)17-2/h3-6,8H,7H2,1-2H3. The summed E-state index contributed by atoms with van der Waals surface area (Å²) in [4.78, 5) is 16.1. The van der Waals surface area contributed by atoms with E-state index in [2.05, 4.69) is 10.1 Å². The minimum atomic E-state index is 0.0143. The number of methoxy groups -OCH3 is 1. The first-order valence-electron chi connectivity index (χ1n) is 5.35. The number of Topliss-reactive ketones (excluding diaryl/α,β-unsaturated/α-hetero) is 1. The van der Waals surface area contributed by atoms with Gasteiger partial charge in [-0.3, -0.25) is 4.79 Å². The number of benzene rings is 1. The second kappa shape index (κ2) is 5.68. The molecule has 6 heteroatoms. The van der Waals surface area contributed by atoms with E-state index in [1.54, 1.807) is 31.0 Å². The van der Waals surface area contributed by atoms with Gasteiger partial charge in [-0.1, -0.05) is 23.9 Å². The quantitative estimate of drug-likeness (QED) is 0.608. The number of ketones is 1. The van der Waals surface area contributed by atoms with E-state index in [9.17, 15) is 4.79 Å². The van der Waals surface area contributed by atoms with E-state index in [-0.39, 0.29) is 5.78 Å². The minimum Gasteiger partial charge on any atom is -0.496 e. The van der Waals surface area contributed by atoms with Crippen LogP contribution in [0, 0.1) is 0 Å². The van der Waals surface area contributed by atoms with Crippen molar-refractivity contribution in [1.82, 2.24) is 14.8 Å². The molecule has 0 aliphatic heterocycles. The van der Waals surface area contributed by atoms with E-state index in [0.717, 1.165) is 5.16 Å². The average molecular weight is 263 g/mol. The molecule has 1 heterocycles. The lowest BCUT2D eigenvalue weighted by Gasteiger charge is -2.06. The Labute approximate surface area is 109 Å². The summed E-state index contributed by atoms with van der Waals surface area (Å²) in [6.07, 6.45) is 1.47. The number of carbonyl (C=O) groups is 1. The van der Waals surface area contributed by atoms with Crippen molar-refractivity contribution >= 4 is 17.5 Å². The molecule has 18 heavy (non-hydrogen) atoms. The number of aryl methyl sites for hydroxylation is 1. The second-order valence-corrected chi connectivity index (χ2v) is 4.52. The van der Waals surface area contributed by atoms with Gasteiger partial charge in [0.05, 0.1) is 18.4 Å². The Morgan fingerprint density at radius 2 is 2.22 bits per heavy atom. The molecule has 0 aliphatic carbocycles. The summed E-state index contributed by atoms with van der Waals surface area (Å²) in [5.74, 6) is 0.925. The highest BCUT2D eigenvalue weighted by atomic mass is 32.2. The first kappa shape index (κ1) is 12.6. The normalized spacial score (nSPS) is 10.3. The molecule has 0 radical (unpaired) electrons. The van der Waals surface area contributed by atoms with Crippen molar-refractivity contribution in [3.63, 3.8) is 0 Å². The number of nitrogens with zero attached hydrogens (tertiary/aromatic N) is 3. The molecular weight excluding hydrogens is 250 g/mol. The van der Waals surface area contributed by atoms with Gasteiger partial charge in [-0.25, -0.2) is 9.67 Å². The van der Waals surface area contributed by atoms with Crippen molar-refractivity contribution in [3.8, 4) is 5.75 Å². The van der Waals surface area contributed by atoms with E-state index in [1.807, 2.05) is 12.1 Å². The summed E-state index contributed by atoms with van der Waals surface area (Å²) < 4.78 is 6.80. The van der Waals surface area contributed by atoms with Crippen LogP contribution < -0.4 is 4.74 Å². The molecule has 5 nitrogen and oxygen atoms in total. The average Bonchev–Trinajstić information content (AvgIpc) is 2.81. The van der Waals surface area contributed by atoms with Gasteiger partial charge in [0.2, 0.25) is 0 Å². The van der Waals surface area contributed by atoms with Crippen molar-refractivity contribution in [3.05, 3.63) is 36.2 Å². The molecular formula is C12H13N3O2S. The van der Waals surface area contributed by atoms with E-state index in [1.165, 1.54) is 18.1 Å². The largest absolute Gasteiger partial charge is 0.496 e. The van der Waals surface area contributed by atoms with Crippen molar-refractivity contribution in [2.45, 2.75) is 5.16 Å². The molecule has 1 aromatic heterocycles. The van der Waals surface area contributed by atoms with Crippen LogP contribution in [-0.4, -0.2) is 33.4 Å². The maximum Gasteiger partial charge on any atom is 0.186 e. The molecule has 2 rings (SSSR count). The van der Waals surface area contributed by atoms with Crippen molar-refractivity contribution in [2.75, 3.05) is 12.9 Å². The fraction of sp³-hybridized carbons (Fsp3) is 0.250. The summed E-state index contributed by atoms with van der Waals surface area (Å²) in [7, 11) is 3.35. The smallest absolute Gasteiger partial charge is 0.186 e. The summed E-state index contributed by atoms with van der Waals surface area (Å²) in [6, 6.07) is 7.20. The second-order valence-electron chi connectivity index (χ2n) is 3.58. The molecule has 0 unspecified atom stereocenters. The van der Waals surface area contributed by atoms with Gasteiger partial charge in [0, 0.05) is 7.05 Å². The Balaban J connectivity index is 2.06. The number of rotatable bonds is 5. The maximum atomic E-state index is 12.1. The predicted molar refractivity (Wildman–Crippen MR) is 69.1 cm³/mol. The summed E-state index contributed by atoms with van der Waals surface area (Å²) in [6.45, 7) is 0. The van der Waals surface area contributed by atoms with Gasteiger partial charge < -0.3 is 4.74 Å². The first-order valence-corrected chi connectivity index (χ1v) is 6.34. The highest BCUT2D eigenvalue weighted by molar-refractivity contribution is 7.99. The number of aromatic nitrogens is 3. The Hall–Kier alpha value is -1.82. The maximum absolute atomic E-state index is 12.1. The highest BCUT2D eigenvalue weighted by Gasteiger charge is 2.13. The van der Waals surface area contributed by atoms with E-state index in [0.29, 0.717) is 17.1 Å². The van der Waals surface area contributed by atoms with Crippen molar-refractivity contribution in [1.29, 1.82) is 0 Å². The Bertz CT molecular complexity index is 554. The fourth-order valence-electron chi connectivity index (χ4n) is 1.50. The lowest BCUT2D eigenvalue weighted by atomic mass is 10.1. The first-order chi connectivity index (χ1) is 8.72. The van der Waals surface area contributed by atoms with E-state index in [4.69, 9.17) is 4.74 Å². The Kier molecular flexibility index (Phi) is 3.99. The zero-order valence-corrected chi connectivity index (χ0v) is 11.0. The monoisotopic (exact) mass is 263 g/mol. The van der Waals surface area contributed by atoms with Crippen LogP contribution in [0.1, 0.15) is 10.4 Å². The molecule has 0 atom stereocenters. The third-order valence-electron chi connectivity index (χ3n) is 2.41. The molecule has 0 fully saturated rings. The zero-order chi connectivity index (χ0) is 13.0. The lowest BCUT2D eigenvalue weighted by molar-refractivity contribution is 0.101. The highest BCUT2D eigenvalue weighted by Crippen LogP contribution is 2.21. The summed E-state index contributed by atoms with van der Waals surface area (Å²) in [5.41, 5.74) is 0.592. The van der Waals surface area contributed by atoms with Crippen molar-refractivity contribution in [2.24, 2.45) is 7.05 Å². The Morgan fingerprint density at radius 3 is 2.89 bits per heavy atom. The van der Waals surface area contributed by atoms with Gasteiger partial charge in [-0.05, 0) is 12.1 Å². The molecule has 1 aromatic carbocycles. The van der Waals surface area contributed by atoms with Crippen LogP contribution in [0.25, 0.3) is 0 Å². The van der Waals surface area contributed by atoms with Crippen LogP contribution in [0.2, 0.25) is 0 Å². The minimum absolute atomic E-state index is 0.0143. The summed E-state index contributed by atoms with van der Waals surface area (Å²) >= 11 is 1.36. The van der Waals surface area contributed by atoms with Crippen LogP contribution in [0.4, 0.5) is 0 Å². The van der Waals surface area contributed by atoms with Gasteiger partial charge >= 0.3 is 0 Å². The molecule has 0 aliphatic rings. The van der Waals surface area contributed by atoms with Gasteiger partial charge in [-0.15, -0.1) is 0 Å². The van der Waals surface area contributed by atoms with E-state index < -0.39 is 0 Å². The van der Waals surface area contributed by atoms with Crippen LogP contribution in [0.5, 0.6) is 5.75 Å². The van der Waals surface area contributed by atoms with Gasteiger partial charge in [0.1, 0.15) is 12.1 Å². The Morgan fingerprint density at radius 1 is 1.44 bits per heavy atom. The van der Waals surface area contributed by atoms with Crippen molar-refractivity contribution < 1.29 is 9.53 Å². The number of hydrogen-bond donors (Lipinski definition) is 0. The number of hydrogen-bond acceptors (Lipinski definition) is 5. The van der Waals surface area contributed by atoms with Crippen LogP contribution >= 0.6 is 11.8 Å². The van der Waals surface area contributed by atoms with E-state index >= 15 is 0 Å². The molecule has 0 amide bonds. The molecule has 2 aromatic rings. The lowest BCUT2D eigenvalue weighted by Crippen LogP contribution is -2.06. The van der Waals surface area contributed by atoms with Gasteiger partial charge in [-0.2, -0.15) is 5.10 Å². The van der Waals surface area contributed by atoms with Crippen LogP contribution in [-0.2, 0) is 7.05 Å². The topological polar surface area (TPSA) is 57.0 Å². The van der Waals surface area contributed by atoms with Crippen LogP contribution in [0.15, 0.2) is 35.7 Å². The fourth-order valence-corrected chi connectivity index (χ4v) is 2.27. The SMILES string of the molecule is COc1ccccc1C(=O)CSc1ncnn1C. The van der Waals surface area contributed by atoms with Gasteiger partial charge in [0.15, 0.2) is 10.9 Å². The third kappa shape index (κ3) is 2.70. The van der Waals surface area contributed by atoms with Crippen LogP contribution in [0.3, 0.4) is 0 Å². The summed E-state index contributed by atoms with van der Waals surface area (Å²) in [5, 5.41) is 4.67. The molecule has 0 saturated carbocycles. The molecule has 0 saturated heterocycles. The number of ether oxygens (including phenoxy) is 1. The molecule has 0 spiro atoms. The number of para-hydroxylation sites is 1. The zero-order valence-electron chi connectivity index (χ0n) is 10.2.